The highest BCUT2D eigenvalue weighted by Crippen LogP contribution is 2.19. The summed E-state index contributed by atoms with van der Waals surface area (Å²) in [4.78, 5) is 9.45. The van der Waals surface area contributed by atoms with Gasteiger partial charge in [-0.1, -0.05) is 0 Å². The average Bonchev–Trinajstić information content (AvgIpc) is 3.05. The van der Waals surface area contributed by atoms with Crippen LogP contribution in [0.3, 0.4) is 0 Å². The highest BCUT2D eigenvalue weighted by atomic mass is 127. The standard InChI is InChI=1S/C18H35N7O.HI/c1-6-19-17(20-11-15(2)25-9-7-23(4)8-10-25)21-14-18(3,26)16-12-22-24(5)13-16;/h12-13,15,26H,6-11,14H2,1-5H3,(H2,19,20,21);1H. The highest BCUT2D eigenvalue weighted by molar-refractivity contribution is 14.0. The molecule has 2 heterocycles. The Hall–Kier alpha value is -0.910. The van der Waals surface area contributed by atoms with Gasteiger partial charge in [0.1, 0.15) is 5.60 Å². The third-order valence-electron chi connectivity index (χ3n) is 4.94. The Balaban J connectivity index is 0.00000364. The van der Waals surface area contributed by atoms with Crippen LogP contribution < -0.4 is 10.6 Å². The van der Waals surface area contributed by atoms with E-state index in [9.17, 15) is 5.11 Å². The van der Waals surface area contributed by atoms with Crippen LogP contribution in [-0.2, 0) is 12.6 Å². The molecule has 0 aliphatic carbocycles. The minimum atomic E-state index is -1.04. The summed E-state index contributed by atoms with van der Waals surface area (Å²) in [5.41, 5.74) is -0.273. The lowest BCUT2D eigenvalue weighted by molar-refractivity contribution is 0.0671. The minimum Gasteiger partial charge on any atom is -0.383 e. The van der Waals surface area contributed by atoms with Gasteiger partial charge in [0.25, 0.3) is 0 Å². The Morgan fingerprint density at radius 3 is 2.52 bits per heavy atom. The molecule has 0 saturated carbocycles. The van der Waals surface area contributed by atoms with Crippen LogP contribution in [0.2, 0.25) is 0 Å². The molecular weight excluding hydrogens is 457 g/mol. The van der Waals surface area contributed by atoms with E-state index in [1.54, 1.807) is 17.8 Å². The van der Waals surface area contributed by atoms with Crippen LogP contribution in [-0.4, -0.2) is 89.5 Å². The maximum Gasteiger partial charge on any atom is 0.191 e. The molecule has 0 bridgehead atoms. The van der Waals surface area contributed by atoms with Crippen molar-refractivity contribution in [2.45, 2.75) is 32.4 Å². The molecule has 1 aromatic heterocycles. The molecule has 0 spiro atoms. The molecular formula is C18H36IN7O. The zero-order chi connectivity index (χ0) is 19.2. The van der Waals surface area contributed by atoms with Crippen molar-refractivity contribution in [1.82, 2.24) is 30.2 Å². The number of nitrogens with one attached hydrogen (secondary N) is 2. The van der Waals surface area contributed by atoms with Crippen LogP contribution in [0.1, 0.15) is 26.3 Å². The predicted octanol–water partition coefficient (Wildman–Crippen LogP) is 0.437. The summed E-state index contributed by atoms with van der Waals surface area (Å²) >= 11 is 0. The number of nitrogens with zero attached hydrogens (tertiary/aromatic N) is 5. The largest absolute Gasteiger partial charge is 0.383 e. The Labute approximate surface area is 180 Å². The number of aliphatic hydroxyl groups is 1. The van der Waals surface area contributed by atoms with Gasteiger partial charge in [0.2, 0.25) is 0 Å². The number of guanidine groups is 1. The third kappa shape index (κ3) is 7.55. The quantitative estimate of drug-likeness (QED) is 0.291. The molecule has 2 unspecified atom stereocenters. The predicted molar refractivity (Wildman–Crippen MR) is 121 cm³/mol. The van der Waals surface area contributed by atoms with E-state index in [0.29, 0.717) is 6.04 Å². The second-order valence-electron chi connectivity index (χ2n) is 7.44. The lowest BCUT2D eigenvalue weighted by Gasteiger charge is -2.36. The lowest BCUT2D eigenvalue weighted by Crippen LogP contribution is -2.52. The van der Waals surface area contributed by atoms with Gasteiger partial charge in [-0.2, -0.15) is 5.10 Å². The third-order valence-corrected chi connectivity index (χ3v) is 4.94. The molecule has 0 radical (unpaired) electrons. The number of hydrogen-bond acceptors (Lipinski definition) is 5. The van der Waals surface area contributed by atoms with Gasteiger partial charge in [-0.25, -0.2) is 4.99 Å². The van der Waals surface area contributed by atoms with Crippen molar-refractivity contribution in [3.05, 3.63) is 18.0 Å². The van der Waals surface area contributed by atoms with Gasteiger partial charge < -0.3 is 20.6 Å². The maximum atomic E-state index is 10.7. The molecule has 0 amide bonds. The molecule has 156 valence electrons. The fourth-order valence-electron chi connectivity index (χ4n) is 3.00. The van der Waals surface area contributed by atoms with E-state index in [1.165, 1.54) is 0 Å². The van der Waals surface area contributed by atoms with Crippen molar-refractivity contribution in [3.63, 3.8) is 0 Å². The monoisotopic (exact) mass is 493 g/mol. The van der Waals surface area contributed by atoms with Gasteiger partial charge in [0, 0.05) is 64.1 Å². The molecule has 3 N–H and O–H groups in total. The Morgan fingerprint density at radius 2 is 1.96 bits per heavy atom. The zero-order valence-electron chi connectivity index (χ0n) is 17.3. The number of aliphatic imine (C=N–C) groups is 1. The van der Waals surface area contributed by atoms with E-state index < -0.39 is 5.60 Å². The smallest absolute Gasteiger partial charge is 0.191 e. The summed E-state index contributed by atoms with van der Waals surface area (Å²) in [6, 6.07) is 0.436. The molecule has 27 heavy (non-hydrogen) atoms. The molecule has 1 aliphatic heterocycles. The van der Waals surface area contributed by atoms with Crippen molar-refractivity contribution in [2.24, 2.45) is 12.0 Å². The summed E-state index contributed by atoms with van der Waals surface area (Å²) < 4.78 is 1.69. The second-order valence-corrected chi connectivity index (χ2v) is 7.44. The molecule has 9 heteroatoms. The first-order valence-electron chi connectivity index (χ1n) is 9.48. The number of aryl methyl sites for hydroxylation is 1. The summed E-state index contributed by atoms with van der Waals surface area (Å²) in [6.45, 7) is 12.4. The van der Waals surface area contributed by atoms with Gasteiger partial charge in [-0.3, -0.25) is 9.58 Å². The molecule has 1 saturated heterocycles. The highest BCUT2D eigenvalue weighted by Gasteiger charge is 2.25. The van der Waals surface area contributed by atoms with Crippen molar-refractivity contribution in [2.75, 3.05) is 52.9 Å². The fraction of sp³-hybridized carbons (Fsp3) is 0.778. The van der Waals surface area contributed by atoms with Crippen molar-refractivity contribution < 1.29 is 5.11 Å². The normalized spacial score (nSPS) is 19.9. The topological polar surface area (TPSA) is 80.9 Å². The summed E-state index contributed by atoms with van der Waals surface area (Å²) in [5.74, 6) is 0.734. The van der Waals surface area contributed by atoms with Crippen LogP contribution in [0.15, 0.2) is 17.4 Å². The van der Waals surface area contributed by atoms with Gasteiger partial charge in [-0.15, -0.1) is 24.0 Å². The molecule has 8 nitrogen and oxygen atoms in total. The van der Waals surface area contributed by atoms with E-state index in [4.69, 9.17) is 0 Å². The number of hydrogen-bond donors (Lipinski definition) is 3. The number of halogens is 1. The van der Waals surface area contributed by atoms with Crippen LogP contribution >= 0.6 is 24.0 Å². The Kier molecular flexibility index (Phi) is 9.99. The minimum absolute atomic E-state index is 0. The summed E-state index contributed by atoms with van der Waals surface area (Å²) in [6.07, 6.45) is 3.51. The van der Waals surface area contributed by atoms with E-state index in [1.807, 2.05) is 20.2 Å². The Bertz CT molecular complexity index is 582. The van der Waals surface area contributed by atoms with E-state index in [0.717, 1.165) is 50.8 Å². The van der Waals surface area contributed by atoms with E-state index in [2.05, 4.69) is 44.5 Å². The summed E-state index contributed by atoms with van der Waals surface area (Å²) in [7, 11) is 4.01. The molecule has 0 aromatic carbocycles. The van der Waals surface area contributed by atoms with Gasteiger partial charge in [0.05, 0.1) is 12.7 Å². The lowest BCUT2D eigenvalue weighted by atomic mass is 10.0. The first kappa shape index (κ1) is 24.1. The first-order valence-corrected chi connectivity index (χ1v) is 9.48. The molecule has 2 atom stereocenters. The van der Waals surface area contributed by atoms with Crippen molar-refractivity contribution >= 4 is 29.9 Å². The fourth-order valence-corrected chi connectivity index (χ4v) is 3.00. The van der Waals surface area contributed by atoms with Crippen molar-refractivity contribution in [1.29, 1.82) is 0 Å². The number of piperazine rings is 1. The first-order chi connectivity index (χ1) is 12.3. The van der Waals surface area contributed by atoms with E-state index >= 15 is 0 Å². The number of rotatable bonds is 7. The molecule has 1 aromatic rings. The molecule has 2 rings (SSSR count). The average molecular weight is 493 g/mol. The summed E-state index contributed by atoms with van der Waals surface area (Å²) in [5, 5.41) is 21.5. The van der Waals surface area contributed by atoms with Gasteiger partial charge >= 0.3 is 0 Å². The second kappa shape index (κ2) is 11.2. The maximum absolute atomic E-state index is 10.7. The van der Waals surface area contributed by atoms with Crippen LogP contribution in [0.5, 0.6) is 0 Å². The van der Waals surface area contributed by atoms with Crippen LogP contribution in [0, 0.1) is 0 Å². The van der Waals surface area contributed by atoms with Crippen LogP contribution in [0.25, 0.3) is 0 Å². The van der Waals surface area contributed by atoms with Gasteiger partial charge in [0.15, 0.2) is 5.96 Å². The van der Waals surface area contributed by atoms with Crippen LogP contribution in [0.4, 0.5) is 0 Å². The SMILES string of the molecule is CCNC(=NCC(C)(O)c1cnn(C)c1)NCC(C)N1CCN(C)CC1.I. The number of likely N-dealkylation sites (N-methyl/N-ethyl adjacent to an activating group) is 1. The molecule has 1 aliphatic rings. The van der Waals surface area contributed by atoms with Crippen molar-refractivity contribution in [3.8, 4) is 0 Å². The Morgan fingerprint density at radius 1 is 1.30 bits per heavy atom. The molecule has 1 fully saturated rings. The number of aromatic nitrogens is 2. The van der Waals surface area contributed by atoms with Gasteiger partial charge in [-0.05, 0) is 27.8 Å². The van der Waals surface area contributed by atoms with E-state index in [-0.39, 0.29) is 30.5 Å². The zero-order valence-corrected chi connectivity index (χ0v) is 19.6.